The molecule has 0 saturated carbocycles. The van der Waals surface area contributed by atoms with Gasteiger partial charge in [0.15, 0.2) is 0 Å². The molecule has 0 atom stereocenters. The summed E-state index contributed by atoms with van der Waals surface area (Å²) in [6.07, 6.45) is -3.26. The molecule has 0 radical (unpaired) electrons. The lowest BCUT2D eigenvalue weighted by molar-refractivity contribution is -0.192. The van der Waals surface area contributed by atoms with E-state index >= 15 is 0 Å². The molecule has 2 aromatic carbocycles. The number of anilines is 2. The number of carboxylic acids is 1. The zero-order valence-corrected chi connectivity index (χ0v) is 24.0. The van der Waals surface area contributed by atoms with Gasteiger partial charge in [-0.2, -0.15) is 26.3 Å². The number of nitrogens with zero attached hydrogens (tertiary/aromatic N) is 2. The van der Waals surface area contributed by atoms with Gasteiger partial charge in [-0.1, -0.05) is 32.3 Å². The Kier molecular flexibility index (Phi) is 11.8. The molecule has 1 aliphatic heterocycles. The van der Waals surface area contributed by atoms with Crippen LogP contribution in [-0.2, 0) is 17.4 Å². The van der Waals surface area contributed by atoms with Crippen LogP contribution in [0, 0.1) is 0 Å². The van der Waals surface area contributed by atoms with Gasteiger partial charge >= 0.3 is 24.4 Å². The van der Waals surface area contributed by atoms with Crippen LogP contribution in [0.1, 0.15) is 54.2 Å². The first kappa shape index (κ1) is 34.7. The van der Waals surface area contributed by atoms with Gasteiger partial charge in [0.05, 0.1) is 5.56 Å². The molecule has 1 aromatic heterocycles. The van der Waals surface area contributed by atoms with Crippen LogP contribution in [0.15, 0.2) is 60.8 Å². The lowest BCUT2D eigenvalue weighted by Crippen LogP contribution is -2.33. The maximum atomic E-state index is 13.0. The van der Waals surface area contributed by atoms with Crippen molar-refractivity contribution in [2.45, 2.75) is 51.4 Å². The van der Waals surface area contributed by atoms with E-state index < -0.39 is 29.9 Å². The minimum atomic E-state index is -5.08. The first-order valence-electron chi connectivity index (χ1n) is 13.8. The fourth-order valence-corrected chi connectivity index (χ4v) is 4.20. The lowest BCUT2D eigenvalue weighted by Gasteiger charge is -2.19. The van der Waals surface area contributed by atoms with E-state index in [1.165, 1.54) is 23.2 Å². The molecule has 3 aromatic rings. The van der Waals surface area contributed by atoms with Crippen LogP contribution in [0.4, 0.5) is 42.5 Å². The van der Waals surface area contributed by atoms with Gasteiger partial charge in [0.1, 0.15) is 17.2 Å². The van der Waals surface area contributed by atoms with Crippen molar-refractivity contribution in [3.63, 3.8) is 0 Å². The summed E-state index contributed by atoms with van der Waals surface area (Å²) in [7, 11) is 0. The summed E-state index contributed by atoms with van der Waals surface area (Å²) in [6.45, 7) is 3.10. The molecule has 3 N–H and O–H groups in total. The highest BCUT2D eigenvalue weighted by atomic mass is 19.4. The maximum absolute atomic E-state index is 13.0. The number of fused-ring (bicyclic) bond motifs is 1. The highest BCUT2D eigenvalue weighted by molar-refractivity contribution is 6.03. The van der Waals surface area contributed by atoms with Gasteiger partial charge in [-0.15, -0.1) is 0 Å². The van der Waals surface area contributed by atoms with Crippen molar-refractivity contribution in [2.24, 2.45) is 0 Å². The molecular formula is C30H30F6N4O5. The number of rotatable bonds is 9. The SMILES string of the molecule is CCCCCCNC(=O)c1cc(Oc2ccc3c(c2)CCN3C(=O)Nc2cccc(C(F)(F)F)c2)ccn1.O=C(O)C(F)(F)F. The Morgan fingerprint density at radius 2 is 1.67 bits per heavy atom. The predicted molar refractivity (Wildman–Crippen MR) is 152 cm³/mol. The molecule has 0 unspecified atom stereocenters. The van der Waals surface area contributed by atoms with E-state index in [2.05, 4.69) is 22.5 Å². The number of hydrogen-bond donors (Lipinski definition) is 3. The van der Waals surface area contributed by atoms with E-state index in [-0.39, 0.29) is 17.3 Å². The number of alkyl halides is 6. The van der Waals surface area contributed by atoms with Gasteiger partial charge in [0.25, 0.3) is 5.91 Å². The van der Waals surface area contributed by atoms with Crippen LogP contribution in [0.5, 0.6) is 11.5 Å². The van der Waals surface area contributed by atoms with Crippen molar-refractivity contribution in [2.75, 3.05) is 23.3 Å². The first-order chi connectivity index (χ1) is 21.2. The molecule has 242 valence electrons. The van der Waals surface area contributed by atoms with Gasteiger partial charge in [-0.25, -0.2) is 9.59 Å². The summed E-state index contributed by atoms with van der Waals surface area (Å²) in [5.74, 6) is -2.04. The topological polar surface area (TPSA) is 121 Å². The molecule has 3 amide bonds. The van der Waals surface area contributed by atoms with Crippen molar-refractivity contribution in [3.05, 3.63) is 77.6 Å². The van der Waals surface area contributed by atoms with E-state index in [0.29, 0.717) is 36.7 Å². The molecule has 1 aliphatic rings. The second kappa shape index (κ2) is 15.3. The summed E-state index contributed by atoms with van der Waals surface area (Å²) < 4.78 is 76.6. The average molecular weight is 641 g/mol. The Labute approximate surface area is 254 Å². The second-order valence-corrected chi connectivity index (χ2v) is 9.80. The van der Waals surface area contributed by atoms with Crippen LogP contribution in [-0.4, -0.2) is 47.3 Å². The van der Waals surface area contributed by atoms with Crippen molar-refractivity contribution < 1.29 is 50.6 Å². The number of halogens is 6. The third-order valence-corrected chi connectivity index (χ3v) is 6.39. The molecule has 2 heterocycles. The number of carbonyl (C=O) groups excluding carboxylic acids is 2. The van der Waals surface area contributed by atoms with Crippen molar-refractivity contribution in [1.82, 2.24) is 10.3 Å². The van der Waals surface area contributed by atoms with E-state index in [1.54, 1.807) is 30.3 Å². The van der Waals surface area contributed by atoms with E-state index in [0.717, 1.165) is 43.4 Å². The normalized spacial score (nSPS) is 12.5. The summed E-state index contributed by atoms with van der Waals surface area (Å²) in [4.78, 5) is 39.7. The fourth-order valence-electron chi connectivity index (χ4n) is 4.20. The number of unbranched alkanes of at least 4 members (excludes halogenated alkanes) is 3. The number of aromatic nitrogens is 1. The largest absolute Gasteiger partial charge is 0.490 e. The molecule has 9 nitrogen and oxygen atoms in total. The average Bonchev–Trinajstić information content (AvgIpc) is 3.40. The number of carbonyl (C=O) groups is 3. The fraction of sp³-hybridized carbons (Fsp3) is 0.333. The van der Waals surface area contributed by atoms with Gasteiger partial charge in [0.2, 0.25) is 0 Å². The third kappa shape index (κ3) is 10.4. The van der Waals surface area contributed by atoms with Crippen molar-refractivity contribution >= 4 is 29.3 Å². The quantitative estimate of drug-likeness (QED) is 0.165. The number of carboxylic acid groups (broad SMARTS) is 1. The first-order valence-corrected chi connectivity index (χ1v) is 13.8. The standard InChI is InChI=1S/C28H29F3N4O3.C2HF3O2/c1-2-3-4-5-13-33-26(36)24-18-23(11-14-32-24)38-22-9-10-25-19(16-22)12-15-35(25)27(37)34-21-8-6-7-20(17-21)28(29,30)31;3-2(4,5)1(6)7/h6-11,14,16-18H,2-5,12-13,15H2,1H3,(H,33,36)(H,34,37);(H,6,7). The monoisotopic (exact) mass is 640 g/mol. The molecule has 15 heteroatoms. The van der Waals surface area contributed by atoms with Crippen LogP contribution in [0.25, 0.3) is 0 Å². The Balaban J connectivity index is 0.000000707. The van der Waals surface area contributed by atoms with Crippen molar-refractivity contribution in [3.8, 4) is 11.5 Å². The van der Waals surface area contributed by atoms with Crippen LogP contribution >= 0.6 is 0 Å². The lowest BCUT2D eigenvalue weighted by atomic mass is 10.1. The van der Waals surface area contributed by atoms with Gasteiger partial charge in [-0.3, -0.25) is 14.7 Å². The van der Waals surface area contributed by atoms with Crippen LogP contribution in [0.2, 0.25) is 0 Å². The molecule has 0 fully saturated rings. The number of hydrogen-bond acceptors (Lipinski definition) is 5. The smallest absolute Gasteiger partial charge is 0.475 e. The Bertz CT molecular complexity index is 1500. The zero-order chi connectivity index (χ0) is 33.2. The minimum Gasteiger partial charge on any atom is -0.475 e. The minimum absolute atomic E-state index is 0.0664. The molecule has 0 saturated heterocycles. The van der Waals surface area contributed by atoms with Crippen molar-refractivity contribution in [1.29, 1.82) is 0 Å². The molecule has 0 spiro atoms. The highest BCUT2D eigenvalue weighted by Gasteiger charge is 2.38. The Hall–Kier alpha value is -4.82. The number of aliphatic carboxylic acids is 1. The van der Waals surface area contributed by atoms with Gasteiger partial charge < -0.3 is 20.5 Å². The molecule has 45 heavy (non-hydrogen) atoms. The van der Waals surface area contributed by atoms with E-state index in [4.69, 9.17) is 14.6 Å². The molecule has 0 bridgehead atoms. The second-order valence-electron chi connectivity index (χ2n) is 9.80. The third-order valence-electron chi connectivity index (χ3n) is 6.39. The predicted octanol–water partition coefficient (Wildman–Crippen LogP) is 7.43. The molecule has 4 rings (SSSR count). The Morgan fingerprint density at radius 1 is 0.956 bits per heavy atom. The number of ether oxygens (including phenoxy) is 1. The van der Waals surface area contributed by atoms with Crippen LogP contribution < -0.4 is 20.3 Å². The summed E-state index contributed by atoms with van der Waals surface area (Å²) >= 11 is 0. The number of amides is 3. The van der Waals surface area contributed by atoms with E-state index in [1.807, 2.05) is 0 Å². The Morgan fingerprint density at radius 3 is 2.33 bits per heavy atom. The maximum Gasteiger partial charge on any atom is 0.490 e. The van der Waals surface area contributed by atoms with E-state index in [9.17, 15) is 35.9 Å². The number of benzene rings is 2. The zero-order valence-electron chi connectivity index (χ0n) is 24.0. The number of urea groups is 1. The molecule has 0 aliphatic carbocycles. The number of pyridine rings is 1. The van der Waals surface area contributed by atoms with Crippen LogP contribution in [0.3, 0.4) is 0 Å². The summed E-state index contributed by atoms with van der Waals surface area (Å²) in [6, 6.07) is 12.5. The van der Waals surface area contributed by atoms with Gasteiger partial charge in [0, 0.05) is 36.7 Å². The highest BCUT2D eigenvalue weighted by Crippen LogP contribution is 2.34. The molecular weight excluding hydrogens is 610 g/mol. The summed E-state index contributed by atoms with van der Waals surface area (Å²) in [5, 5.41) is 12.5. The van der Waals surface area contributed by atoms with Gasteiger partial charge in [-0.05, 0) is 60.9 Å². The number of nitrogens with one attached hydrogen (secondary N) is 2. The summed E-state index contributed by atoms with van der Waals surface area (Å²) in [5.41, 5.74) is 1.01.